The molecular weight excluding hydrogens is 392 g/mol. The van der Waals surface area contributed by atoms with E-state index in [0.717, 1.165) is 5.82 Å². The molecule has 0 spiro atoms. The number of aromatic amines is 1. The van der Waals surface area contributed by atoms with Gasteiger partial charge < -0.3 is 10.2 Å². The fourth-order valence-electron chi connectivity index (χ4n) is 3.36. The van der Waals surface area contributed by atoms with E-state index in [9.17, 15) is 8.42 Å². The molecule has 1 aliphatic rings. The molecule has 0 amide bonds. The third-order valence-electron chi connectivity index (χ3n) is 4.79. The molecule has 0 atom stereocenters. The van der Waals surface area contributed by atoms with Crippen molar-refractivity contribution in [2.45, 2.75) is 18.7 Å². The molecule has 3 aromatic heterocycles. The number of nitrogens with one attached hydrogen (secondary N) is 2. The van der Waals surface area contributed by atoms with Gasteiger partial charge in [0.05, 0.1) is 11.4 Å². The summed E-state index contributed by atoms with van der Waals surface area (Å²) in [5.41, 5.74) is 1.05. The number of H-pyrrole nitrogens is 1. The van der Waals surface area contributed by atoms with Crippen LogP contribution in [-0.4, -0.2) is 64.1 Å². The van der Waals surface area contributed by atoms with E-state index in [1.807, 2.05) is 29.2 Å². The first-order valence-corrected chi connectivity index (χ1v) is 10.7. The van der Waals surface area contributed by atoms with Gasteiger partial charge in [0.2, 0.25) is 10.0 Å². The Balaban J connectivity index is 1.45. The van der Waals surface area contributed by atoms with Crippen molar-refractivity contribution < 1.29 is 8.42 Å². The molecule has 1 fully saturated rings. The molecule has 10 nitrogen and oxygen atoms in total. The molecule has 4 heterocycles. The van der Waals surface area contributed by atoms with E-state index in [0.29, 0.717) is 49.2 Å². The van der Waals surface area contributed by atoms with Crippen LogP contribution in [0.5, 0.6) is 0 Å². The van der Waals surface area contributed by atoms with Gasteiger partial charge in [-0.15, -0.1) is 0 Å². The molecule has 0 unspecified atom stereocenters. The van der Waals surface area contributed by atoms with E-state index >= 15 is 0 Å². The monoisotopic (exact) mass is 414 g/mol. The smallest absolute Gasteiger partial charge is 0.246 e. The highest BCUT2D eigenvalue weighted by atomic mass is 32.2. The Kier molecular flexibility index (Phi) is 5.16. The van der Waals surface area contributed by atoms with E-state index < -0.39 is 10.0 Å². The zero-order chi connectivity index (χ0) is 20.4. The molecule has 2 N–H and O–H groups in total. The number of pyridine rings is 1. The predicted octanol–water partition coefficient (Wildman–Crippen LogP) is 1.47. The third-order valence-corrected chi connectivity index (χ3v) is 6.96. The lowest BCUT2D eigenvalue weighted by atomic mass is 10.3. The lowest BCUT2D eigenvalue weighted by molar-refractivity contribution is 0.383. The number of sulfonamides is 1. The van der Waals surface area contributed by atoms with Gasteiger partial charge in [-0.2, -0.15) is 9.40 Å². The second kappa shape index (κ2) is 7.76. The summed E-state index contributed by atoms with van der Waals surface area (Å²) in [4.78, 5) is 15.1. The highest BCUT2D eigenvalue weighted by Crippen LogP contribution is 2.24. The number of hydrogen-bond acceptors (Lipinski definition) is 8. The fraction of sp³-hybridized carbons (Fsp3) is 0.333. The number of rotatable bonds is 5. The largest absolute Gasteiger partial charge is 0.354 e. The van der Waals surface area contributed by atoms with E-state index in [1.165, 1.54) is 10.6 Å². The maximum absolute atomic E-state index is 13.0. The van der Waals surface area contributed by atoms with Crippen molar-refractivity contribution >= 4 is 27.5 Å². The maximum Gasteiger partial charge on any atom is 0.246 e. The fourth-order valence-corrected chi connectivity index (χ4v) is 5.12. The van der Waals surface area contributed by atoms with Crippen LogP contribution < -0.4 is 10.2 Å². The molecule has 0 aliphatic carbocycles. The van der Waals surface area contributed by atoms with Gasteiger partial charge in [0.15, 0.2) is 0 Å². The summed E-state index contributed by atoms with van der Waals surface area (Å²) in [7, 11) is -3.57. The third kappa shape index (κ3) is 3.91. The molecule has 29 heavy (non-hydrogen) atoms. The second-order valence-corrected chi connectivity index (χ2v) is 8.63. The number of hydrogen-bond donors (Lipinski definition) is 2. The Morgan fingerprint density at radius 1 is 1.03 bits per heavy atom. The molecule has 4 rings (SSSR count). The highest BCUT2D eigenvalue weighted by Gasteiger charge is 2.32. The lowest BCUT2D eigenvalue weighted by Crippen LogP contribution is -2.49. The van der Waals surface area contributed by atoms with Crippen molar-refractivity contribution in [2.24, 2.45) is 0 Å². The van der Waals surface area contributed by atoms with Gasteiger partial charge in [-0.1, -0.05) is 6.07 Å². The van der Waals surface area contributed by atoms with Gasteiger partial charge in [0.25, 0.3) is 0 Å². The van der Waals surface area contributed by atoms with Crippen LogP contribution in [0, 0.1) is 13.8 Å². The lowest BCUT2D eigenvalue weighted by Gasteiger charge is -2.34. The minimum Gasteiger partial charge on any atom is -0.354 e. The van der Waals surface area contributed by atoms with Crippen LogP contribution >= 0.6 is 0 Å². The summed E-state index contributed by atoms with van der Waals surface area (Å²) < 4.78 is 27.5. The summed E-state index contributed by atoms with van der Waals surface area (Å²) in [6.07, 6.45) is 3.19. The van der Waals surface area contributed by atoms with Crippen LogP contribution in [-0.2, 0) is 10.0 Å². The van der Waals surface area contributed by atoms with Crippen molar-refractivity contribution in [3.8, 4) is 0 Å². The molecular formula is C18H22N8O2S. The van der Waals surface area contributed by atoms with E-state index in [1.54, 1.807) is 20.0 Å². The van der Waals surface area contributed by atoms with E-state index in [-0.39, 0.29) is 4.90 Å². The number of nitrogens with zero attached hydrogens (tertiary/aromatic N) is 6. The van der Waals surface area contributed by atoms with Crippen molar-refractivity contribution in [1.29, 1.82) is 0 Å². The molecule has 0 aromatic carbocycles. The van der Waals surface area contributed by atoms with Crippen LogP contribution in [0.25, 0.3) is 0 Å². The Morgan fingerprint density at radius 2 is 1.83 bits per heavy atom. The molecule has 0 bridgehead atoms. The number of anilines is 3. The van der Waals surface area contributed by atoms with Crippen LogP contribution in [0.1, 0.15) is 11.4 Å². The summed E-state index contributed by atoms with van der Waals surface area (Å²) in [5.74, 6) is 2.07. The highest BCUT2D eigenvalue weighted by molar-refractivity contribution is 7.89. The summed E-state index contributed by atoms with van der Waals surface area (Å²) in [5, 5.41) is 9.90. The van der Waals surface area contributed by atoms with Crippen LogP contribution in [0.15, 0.2) is 41.7 Å². The summed E-state index contributed by atoms with van der Waals surface area (Å²) in [6, 6.07) is 7.42. The standard InChI is InChI=1S/C18H22N8O2S/c1-13-18(14(2)24-23-13)29(27,28)26-9-7-25(8-10-26)17-11-16(20-12-21-17)22-15-5-3-4-6-19-15/h3-6,11-12H,7-10H2,1-2H3,(H,23,24)(H,19,20,21,22). The molecule has 3 aromatic rings. The summed E-state index contributed by atoms with van der Waals surface area (Å²) >= 11 is 0. The summed E-state index contributed by atoms with van der Waals surface area (Å²) in [6.45, 7) is 5.24. The first kappa shape index (κ1) is 19.3. The average Bonchev–Trinajstić information content (AvgIpc) is 3.08. The molecule has 1 aliphatic heterocycles. The average molecular weight is 414 g/mol. The van der Waals surface area contributed by atoms with Crippen molar-refractivity contribution in [2.75, 3.05) is 36.4 Å². The topological polar surface area (TPSA) is 120 Å². The number of piperazine rings is 1. The van der Waals surface area contributed by atoms with E-state index in [4.69, 9.17) is 0 Å². The Morgan fingerprint density at radius 3 is 2.48 bits per heavy atom. The van der Waals surface area contributed by atoms with Crippen LogP contribution in [0.2, 0.25) is 0 Å². The van der Waals surface area contributed by atoms with Gasteiger partial charge in [0.1, 0.15) is 28.7 Å². The maximum atomic E-state index is 13.0. The van der Waals surface area contributed by atoms with Crippen LogP contribution in [0.3, 0.4) is 0 Å². The zero-order valence-corrected chi connectivity index (χ0v) is 17.0. The molecule has 0 saturated carbocycles. The van der Waals surface area contributed by atoms with Gasteiger partial charge in [0, 0.05) is 38.4 Å². The number of aryl methyl sites for hydroxylation is 2. The number of aromatic nitrogens is 5. The van der Waals surface area contributed by atoms with Gasteiger partial charge >= 0.3 is 0 Å². The molecule has 0 radical (unpaired) electrons. The molecule has 1 saturated heterocycles. The first-order chi connectivity index (χ1) is 13.9. The molecule has 152 valence electrons. The Labute approximate surface area is 169 Å². The van der Waals surface area contributed by atoms with Crippen molar-refractivity contribution in [1.82, 2.24) is 29.5 Å². The van der Waals surface area contributed by atoms with Crippen LogP contribution in [0.4, 0.5) is 17.5 Å². The SMILES string of the molecule is Cc1n[nH]c(C)c1S(=O)(=O)N1CCN(c2cc(Nc3ccccn3)ncn2)CC1. The van der Waals surface area contributed by atoms with E-state index in [2.05, 4.69) is 30.5 Å². The zero-order valence-electron chi connectivity index (χ0n) is 16.2. The second-order valence-electron chi connectivity index (χ2n) is 6.76. The minimum atomic E-state index is -3.57. The van der Waals surface area contributed by atoms with Gasteiger partial charge in [-0.25, -0.2) is 23.4 Å². The first-order valence-electron chi connectivity index (χ1n) is 9.22. The minimum absolute atomic E-state index is 0.273. The quantitative estimate of drug-likeness (QED) is 0.644. The normalized spacial score (nSPS) is 15.4. The molecule has 11 heteroatoms. The van der Waals surface area contributed by atoms with Crippen molar-refractivity contribution in [3.63, 3.8) is 0 Å². The predicted molar refractivity (Wildman–Crippen MR) is 109 cm³/mol. The van der Waals surface area contributed by atoms with Crippen molar-refractivity contribution in [3.05, 3.63) is 48.2 Å². The Hall–Kier alpha value is -3.05. The van der Waals surface area contributed by atoms with Gasteiger partial charge in [-0.05, 0) is 26.0 Å². The van der Waals surface area contributed by atoms with Gasteiger partial charge in [-0.3, -0.25) is 5.10 Å². The Bertz CT molecular complexity index is 1070.